The number of anilines is 1. The highest BCUT2D eigenvalue weighted by Gasteiger charge is 2.12. The molecular formula is C19H19N3O2. The average molecular weight is 321 g/mol. The first-order chi connectivity index (χ1) is 11.6. The van der Waals surface area contributed by atoms with Crippen molar-refractivity contribution < 1.29 is 9.53 Å². The van der Waals surface area contributed by atoms with Crippen LogP contribution >= 0.6 is 0 Å². The van der Waals surface area contributed by atoms with Crippen molar-refractivity contribution in [2.45, 2.75) is 13.8 Å². The average Bonchev–Trinajstić information content (AvgIpc) is 3.08. The molecule has 2 aromatic carbocycles. The summed E-state index contributed by atoms with van der Waals surface area (Å²) < 4.78 is 5.21. The molecule has 0 aliphatic rings. The van der Waals surface area contributed by atoms with E-state index in [0.717, 1.165) is 22.6 Å². The SMILES string of the molecule is COc1cccc(-c2cc(C(=O)Nc3ccc(C)c(C)c3)[nH]n2)c1. The molecule has 0 bridgehead atoms. The Kier molecular flexibility index (Phi) is 4.33. The van der Waals surface area contributed by atoms with E-state index in [1.54, 1.807) is 13.2 Å². The molecule has 122 valence electrons. The predicted octanol–water partition coefficient (Wildman–Crippen LogP) is 3.95. The molecule has 1 aromatic heterocycles. The van der Waals surface area contributed by atoms with Crippen LogP contribution in [0.2, 0.25) is 0 Å². The van der Waals surface area contributed by atoms with Gasteiger partial charge < -0.3 is 10.1 Å². The summed E-state index contributed by atoms with van der Waals surface area (Å²) in [5.41, 5.74) is 5.07. The molecule has 2 N–H and O–H groups in total. The number of aromatic nitrogens is 2. The lowest BCUT2D eigenvalue weighted by Crippen LogP contribution is -2.12. The zero-order chi connectivity index (χ0) is 17.1. The number of ether oxygens (including phenoxy) is 1. The maximum Gasteiger partial charge on any atom is 0.273 e. The second-order valence-corrected chi connectivity index (χ2v) is 5.65. The molecule has 0 aliphatic carbocycles. The number of carbonyl (C=O) groups is 1. The summed E-state index contributed by atoms with van der Waals surface area (Å²) in [6.45, 7) is 4.05. The maximum atomic E-state index is 12.4. The van der Waals surface area contributed by atoms with Crippen LogP contribution in [0.5, 0.6) is 5.75 Å². The van der Waals surface area contributed by atoms with Gasteiger partial charge in [-0.1, -0.05) is 18.2 Å². The van der Waals surface area contributed by atoms with Crippen LogP contribution in [0.1, 0.15) is 21.6 Å². The molecule has 0 unspecified atom stereocenters. The number of hydrogen-bond acceptors (Lipinski definition) is 3. The highest BCUT2D eigenvalue weighted by Crippen LogP contribution is 2.23. The maximum absolute atomic E-state index is 12.4. The molecule has 24 heavy (non-hydrogen) atoms. The molecule has 0 radical (unpaired) electrons. The van der Waals surface area contributed by atoms with Crippen LogP contribution in [0.15, 0.2) is 48.5 Å². The molecule has 3 aromatic rings. The number of carbonyl (C=O) groups excluding carboxylic acids is 1. The minimum atomic E-state index is -0.222. The van der Waals surface area contributed by atoms with Gasteiger partial charge in [0.05, 0.1) is 12.8 Å². The molecule has 3 rings (SSSR count). The second-order valence-electron chi connectivity index (χ2n) is 5.65. The van der Waals surface area contributed by atoms with E-state index in [9.17, 15) is 4.79 Å². The van der Waals surface area contributed by atoms with Crippen LogP contribution in [0.3, 0.4) is 0 Å². The van der Waals surface area contributed by atoms with Gasteiger partial charge in [0.25, 0.3) is 5.91 Å². The minimum Gasteiger partial charge on any atom is -0.497 e. The standard InChI is InChI=1S/C19H19N3O2/c1-12-7-8-15(9-13(12)2)20-19(23)18-11-17(21-22-18)14-5-4-6-16(10-14)24-3/h4-11H,1-3H3,(H,20,23)(H,21,22). The van der Waals surface area contributed by atoms with Crippen molar-refractivity contribution in [1.82, 2.24) is 10.2 Å². The number of H-pyrrole nitrogens is 1. The van der Waals surface area contributed by atoms with Gasteiger partial charge in [0.15, 0.2) is 0 Å². The fourth-order valence-electron chi connectivity index (χ4n) is 2.39. The fourth-order valence-corrected chi connectivity index (χ4v) is 2.39. The third kappa shape index (κ3) is 3.30. The molecule has 0 atom stereocenters. The molecule has 5 nitrogen and oxygen atoms in total. The summed E-state index contributed by atoms with van der Waals surface area (Å²) in [6, 6.07) is 15.1. The van der Waals surface area contributed by atoms with Gasteiger partial charge in [-0.2, -0.15) is 5.10 Å². The van der Waals surface area contributed by atoms with Crippen molar-refractivity contribution in [3.8, 4) is 17.0 Å². The Morgan fingerprint density at radius 2 is 1.92 bits per heavy atom. The van der Waals surface area contributed by atoms with Crippen molar-refractivity contribution in [2.24, 2.45) is 0 Å². The number of rotatable bonds is 4. The normalized spacial score (nSPS) is 10.5. The number of benzene rings is 2. The zero-order valence-electron chi connectivity index (χ0n) is 13.9. The molecule has 0 aliphatic heterocycles. The number of nitrogens with one attached hydrogen (secondary N) is 2. The number of nitrogens with zero attached hydrogens (tertiary/aromatic N) is 1. The van der Waals surface area contributed by atoms with Crippen LogP contribution in [0, 0.1) is 13.8 Å². The lowest BCUT2D eigenvalue weighted by Gasteiger charge is -2.06. The van der Waals surface area contributed by atoms with Gasteiger partial charge in [-0.15, -0.1) is 0 Å². The lowest BCUT2D eigenvalue weighted by molar-refractivity contribution is 0.102. The molecule has 0 saturated carbocycles. The van der Waals surface area contributed by atoms with Crippen molar-refractivity contribution in [2.75, 3.05) is 12.4 Å². The fraction of sp³-hybridized carbons (Fsp3) is 0.158. The van der Waals surface area contributed by atoms with E-state index in [1.165, 1.54) is 5.56 Å². The Morgan fingerprint density at radius 3 is 2.67 bits per heavy atom. The number of methoxy groups -OCH3 is 1. The van der Waals surface area contributed by atoms with E-state index < -0.39 is 0 Å². The summed E-state index contributed by atoms with van der Waals surface area (Å²) in [7, 11) is 1.62. The first-order valence-corrected chi connectivity index (χ1v) is 7.65. The van der Waals surface area contributed by atoms with Gasteiger partial charge in [-0.25, -0.2) is 0 Å². The summed E-state index contributed by atoms with van der Waals surface area (Å²) in [4.78, 5) is 12.4. The molecule has 1 amide bonds. The summed E-state index contributed by atoms with van der Waals surface area (Å²) in [5.74, 6) is 0.525. The topological polar surface area (TPSA) is 67.0 Å². The summed E-state index contributed by atoms with van der Waals surface area (Å²) in [6.07, 6.45) is 0. The van der Waals surface area contributed by atoms with Crippen LogP contribution in [0.25, 0.3) is 11.3 Å². The van der Waals surface area contributed by atoms with Gasteiger partial charge in [0.2, 0.25) is 0 Å². The molecule has 0 spiro atoms. The van der Waals surface area contributed by atoms with E-state index >= 15 is 0 Å². The van der Waals surface area contributed by atoms with Crippen molar-refractivity contribution in [3.63, 3.8) is 0 Å². The Balaban J connectivity index is 1.79. The van der Waals surface area contributed by atoms with E-state index in [2.05, 4.69) is 15.5 Å². The zero-order valence-corrected chi connectivity index (χ0v) is 13.9. The van der Waals surface area contributed by atoms with Gasteiger partial charge in [0, 0.05) is 11.3 Å². The highest BCUT2D eigenvalue weighted by molar-refractivity contribution is 6.03. The minimum absolute atomic E-state index is 0.222. The molecular weight excluding hydrogens is 302 g/mol. The Labute approximate surface area is 140 Å². The molecule has 0 saturated heterocycles. The Bertz CT molecular complexity index is 884. The third-order valence-corrected chi connectivity index (χ3v) is 3.95. The van der Waals surface area contributed by atoms with E-state index in [0.29, 0.717) is 11.4 Å². The van der Waals surface area contributed by atoms with Gasteiger partial charge in [-0.05, 0) is 55.3 Å². The number of amides is 1. The number of aryl methyl sites for hydroxylation is 2. The van der Waals surface area contributed by atoms with Gasteiger partial charge >= 0.3 is 0 Å². The molecule has 0 fully saturated rings. The van der Waals surface area contributed by atoms with Crippen LogP contribution in [-0.4, -0.2) is 23.2 Å². The van der Waals surface area contributed by atoms with E-state index in [1.807, 2.05) is 56.3 Å². The number of aromatic amines is 1. The van der Waals surface area contributed by atoms with E-state index in [4.69, 9.17) is 4.74 Å². The predicted molar refractivity (Wildman–Crippen MR) is 94.4 cm³/mol. The highest BCUT2D eigenvalue weighted by atomic mass is 16.5. The first-order valence-electron chi connectivity index (χ1n) is 7.65. The Hall–Kier alpha value is -3.08. The van der Waals surface area contributed by atoms with Crippen molar-refractivity contribution in [3.05, 3.63) is 65.4 Å². The third-order valence-electron chi connectivity index (χ3n) is 3.95. The smallest absolute Gasteiger partial charge is 0.273 e. The van der Waals surface area contributed by atoms with Gasteiger partial charge in [0.1, 0.15) is 11.4 Å². The van der Waals surface area contributed by atoms with Crippen molar-refractivity contribution in [1.29, 1.82) is 0 Å². The quantitative estimate of drug-likeness (QED) is 0.764. The lowest BCUT2D eigenvalue weighted by atomic mass is 10.1. The van der Waals surface area contributed by atoms with Crippen LogP contribution < -0.4 is 10.1 Å². The van der Waals surface area contributed by atoms with E-state index in [-0.39, 0.29) is 5.91 Å². The van der Waals surface area contributed by atoms with Crippen LogP contribution in [-0.2, 0) is 0 Å². The largest absolute Gasteiger partial charge is 0.497 e. The van der Waals surface area contributed by atoms with Crippen LogP contribution in [0.4, 0.5) is 5.69 Å². The summed E-state index contributed by atoms with van der Waals surface area (Å²) in [5, 5.41) is 9.88. The monoisotopic (exact) mass is 321 g/mol. The summed E-state index contributed by atoms with van der Waals surface area (Å²) >= 11 is 0. The molecule has 1 heterocycles. The second kappa shape index (κ2) is 6.58. The van der Waals surface area contributed by atoms with Gasteiger partial charge in [-0.3, -0.25) is 9.89 Å². The Morgan fingerprint density at radius 1 is 1.08 bits per heavy atom. The number of hydrogen-bond donors (Lipinski definition) is 2. The first kappa shape index (κ1) is 15.8. The molecule has 5 heteroatoms. The van der Waals surface area contributed by atoms with Crippen molar-refractivity contribution >= 4 is 11.6 Å².